The van der Waals surface area contributed by atoms with Crippen molar-refractivity contribution in [1.82, 2.24) is 9.80 Å². The van der Waals surface area contributed by atoms with Gasteiger partial charge in [0.1, 0.15) is 12.4 Å². The molecule has 0 bridgehead atoms. The Hall–Kier alpha value is -1.93. The fourth-order valence-corrected chi connectivity index (χ4v) is 5.19. The number of carbonyl (C=O) groups is 1. The zero-order valence-electron chi connectivity index (χ0n) is 18.1. The number of carbonyl (C=O) groups excluding carboxylic acids is 1. The maximum atomic E-state index is 13.4. The first-order valence-corrected chi connectivity index (χ1v) is 11.9. The SMILES string of the molecule is COC[C@H](O)CN(CC(=O)N1CCc2sccc2[C@@H]1COc1ccccc1)CC1CC1. The van der Waals surface area contributed by atoms with E-state index in [1.165, 1.54) is 23.3 Å². The van der Waals surface area contributed by atoms with Crippen molar-refractivity contribution in [2.45, 2.75) is 31.4 Å². The lowest BCUT2D eigenvalue weighted by Gasteiger charge is -2.37. The van der Waals surface area contributed by atoms with Crippen molar-refractivity contribution in [2.24, 2.45) is 5.92 Å². The lowest BCUT2D eigenvalue weighted by molar-refractivity contribution is -0.136. The molecule has 168 valence electrons. The molecule has 1 N–H and O–H groups in total. The second-order valence-electron chi connectivity index (χ2n) is 8.52. The molecule has 0 radical (unpaired) electrons. The van der Waals surface area contributed by atoms with Gasteiger partial charge in [-0.05, 0) is 54.3 Å². The number of amides is 1. The van der Waals surface area contributed by atoms with Gasteiger partial charge in [-0.2, -0.15) is 0 Å². The van der Waals surface area contributed by atoms with Crippen LogP contribution in [0.5, 0.6) is 5.75 Å². The molecular weight excluding hydrogens is 412 g/mol. The van der Waals surface area contributed by atoms with Gasteiger partial charge in [0.05, 0.1) is 25.3 Å². The van der Waals surface area contributed by atoms with E-state index in [0.717, 1.165) is 18.7 Å². The Morgan fingerprint density at radius 2 is 2.10 bits per heavy atom. The predicted molar refractivity (Wildman–Crippen MR) is 121 cm³/mol. The van der Waals surface area contributed by atoms with E-state index in [0.29, 0.717) is 32.2 Å². The summed E-state index contributed by atoms with van der Waals surface area (Å²) >= 11 is 1.76. The Morgan fingerprint density at radius 3 is 2.84 bits per heavy atom. The Labute approximate surface area is 188 Å². The maximum Gasteiger partial charge on any atom is 0.237 e. The number of hydrogen-bond donors (Lipinski definition) is 1. The number of ether oxygens (including phenoxy) is 2. The summed E-state index contributed by atoms with van der Waals surface area (Å²) in [6, 6.07) is 11.8. The summed E-state index contributed by atoms with van der Waals surface area (Å²) in [6.45, 7) is 3.05. The summed E-state index contributed by atoms with van der Waals surface area (Å²) in [5.41, 5.74) is 1.20. The van der Waals surface area contributed by atoms with Crippen molar-refractivity contribution in [2.75, 3.05) is 46.5 Å². The topological polar surface area (TPSA) is 62.2 Å². The van der Waals surface area contributed by atoms with E-state index in [2.05, 4.69) is 16.3 Å². The smallest absolute Gasteiger partial charge is 0.237 e. The quantitative estimate of drug-likeness (QED) is 0.577. The van der Waals surface area contributed by atoms with Crippen LogP contribution in [0, 0.1) is 5.92 Å². The molecule has 1 aliphatic carbocycles. The molecule has 4 rings (SSSR count). The number of fused-ring (bicyclic) bond motifs is 1. The minimum atomic E-state index is -0.585. The van der Waals surface area contributed by atoms with E-state index in [9.17, 15) is 9.90 Å². The molecule has 2 aromatic rings. The van der Waals surface area contributed by atoms with Crippen LogP contribution in [0.4, 0.5) is 0 Å². The van der Waals surface area contributed by atoms with E-state index in [1.54, 1.807) is 18.4 Å². The van der Waals surface area contributed by atoms with Crippen molar-refractivity contribution < 1.29 is 19.4 Å². The van der Waals surface area contributed by atoms with Gasteiger partial charge in [-0.15, -0.1) is 11.3 Å². The summed E-state index contributed by atoms with van der Waals surface area (Å²) in [5.74, 6) is 1.56. The number of benzene rings is 1. The van der Waals surface area contributed by atoms with Gasteiger partial charge < -0.3 is 19.5 Å². The van der Waals surface area contributed by atoms with Gasteiger partial charge in [0, 0.05) is 31.6 Å². The van der Waals surface area contributed by atoms with Gasteiger partial charge in [-0.1, -0.05) is 18.2 Å². The lowest BCUT2D eigenvalue weighted by atomic mass is 10.0. The van der Waals surface area contributed by atoms with Gasteiger partial charge in [0.25, 0.3) is 0 Å². The molecule has 1 saturated carbocycles. The molecule has 1 aliphatic heterocycles. The summed E-state index contributed by atoms with van der Waals surface area (Å²) < 4.78 is 11.1. The van der Waals surface area contributed by atoms with Crippen molar-refractivity contribution in [3.05, 3.63) is 52.2 Å². The van der Waals surface area contributed by atoms with Crippen LogP contribution in [0.1, 0.15) is 29.3 Å². The third-order valence-corrected chi connectivity index (χ3v) is 6.96. The molecule has 2 heterocycles. The average Bonchev–Trinajstić information content (AvgIpc) is 3.44. The molecule has 1 aromatic carbocycles. The summed E-state index contributed by atoms with van der Waals surface area (Å²) in [5, 5.41) is 12.3. The highest BCUT2D eigenvalue weighted by Crippen LogP contribution is 2.34. The number of rotatable bonds is 11. The minimum absolute atomic E-state index is 0.0885. The Balaban J connectivity index is 1.44. The standard InChI is InChI=1S/C24H32N2O4S/c1-29-16-19(27)14-25(13-18-7-8-18)15-24(28)26-11-9-23-21(10-12-31-23)22(26)17-30-20-5-3-2-4-6-20/h2-6,10,12,18-19,22,27H,7-9,11,13-17H2,1H3/t19-,22+/m1/s1. The summed E-state index contributed by atoms with van der Waals surface area (Å²) in [7, 11) is 1.59. The van der Waals surface area contributed by atoms with Crippen LogP contribution in [-0.2, 0) is 16.0 Å². The zero-order chi connectivity index (χ0) is 21.6. The molecule has 1 fully saturated rings. The molecule has 0 spiro atoms. The molecule has 31 heavy (non-hydrogen) atoms. The Kier molecular flexibility index (Phi) is 7.61. The molecule has 0 unspecified atom stereocenters. The average molecular weight is 445 g/mol. The number of nitrogens with zero attached hydrogens (tertiary/aromatic N) is 2. The van der Waals surface area contributed by atoms with Gasteiger partial charge in [0.15, 0.2) is 0 Å². The monoisotopic (exact) mass is 444 g/mol. The third kappa shape index (κ3) is 6.07. The van der Waals surface area contributed by atoms with Gasteiger partial charge in [0.2, 0.25) is 5.91 Å². The molecule has 2 aliphatic rings. The maximum absolute atomic E-state index is 13.4. The molecule has 2 atom stereocenters. The van der Waals surface area contributed by atoms with Crippen LogP contribution in [0.25, 0.3) is 0 Å². The summed E-state index contributed by atoms with van der Waals surface area (Å²) in [4.78, 5) is 18.8. The number of methoxy groups -OCH3 is 1. The van der Waals surface area contributed by atoms with Crippen LogP contribution in [0.15, 0.2) is 41.8 Å². The van der Waals surface area contributed by atoms with Gasteiger partial charge >= 0.3 is 0 Å². The molecular formula is C24H32N2O4S. The number of aliphatic hydroxyl groups excluding tert-OH is 1. The molecule has 1 amide bonds. The first kappa shape index (κ1) is 22.3. The lowest BCUT2D eigenvalue weighted by Crippen LogP contribution is -2.48. The minimum Gasteiger partial charge on any atom is -0.491 e. The van der Waals surface area contributed by atoms with E-state index in [-0.39, 0.29) is 18.6 Å². The molecule has 7 heteroatoms. The van der Waals surface area contributed by atoms with Crippen molar-refractivity contribution in [3.8, 4) is 5.75 Å². The first-order chi connectivity index (χ1) is 15.1. The molecule has 6 nitrogen and oxygen atoms in total. The Morgan fingerprint density at radius 1 is 1.29 bits per heavy atom. The normalized spacial score (nSPS) is 19.3. The second-order valence-corrected chi connectivity index (χ2v) is 9.52. The number of para-hydroxylation sites is 1. The molecule has 1 aromatic heterocycles. The van der Waals surface area contributed by atoms with Crippen LogP contribution in [-0.4, -0.2) is 73.4 Å². The fourth-order valence-electron chi connectivity index (χ4n) is 4.26. The van der Waals surface area contributed by atoms with E-state index in [4.69, 9.17) is 9.47 Å². The van der Waals surface area contributed by atoms with Crippen LogP contribution >= 0.6 is 11.3 Å². The van der Waals surface area contributed by atoms with Gasteiger partial charge in [-0.3, -0.25) is 9.69 Å². The Bertz CT molecular complexity index is 839. The van der Waals surface area contributed by atoms with Gasteiger partial charge in [-0.25, -0.2) is 0 Å². The second kappa shape index (κ2) is 10.6. The fraction of sp³-hybridized carbons (Fsp3) is 0.542. The third-order valence-electron chi connectivity index (χ3n) is 5.97. The van der Waals surface area contributed by atoms with Crippen molar-refractivity contribution >= 4 is 17.2 Å². The van der Waals surface area contributed by atoms with Crippen molar-refractivity contribution in [1.29, 1.82) is 0 Å². The van der Waals surface area contributed by atoms with E-state index in [1.807, 2.05) is 35.2 Å². The van der Waals surface area contributed by atoms with E-state index >= 15 is 0 Å². The van der Waals surface area contributed by atoms with Crippen molar-refractivity contribution in [3.63, 3.8) is 0 Å². The van der Waals surface area contributed by atoms with Crippen LogP contribution < -0.4 is 4.74 Å². The number of thiophene rings is 1. The highest BCUT2D eigenvalue weighted by Gasteiger charge is 2.34. The predicted octanol–water partition coefficient (Wildman–Crippen LogP) is 2.97. The number of aliphatic hydroxyl groups is 1. The van der Waals surface area contributed by atoms with Crippen LogP contribution in [0.2, 0.25) is 0 Å². The highest BCUT2D eigenvalue weighted by atomic mass is 32.1. The first-order valence-electron chi connectivity index (χ1n) is 11.1. The zero-order valence-corrected chi connectivity index (χ0v) is 18.9. The largest absolute Gasteiger partial charge is 0.491 e. The van der Waals surface area contributed by atoms with Crippen LogP contribution in [0.3, 0.4) is 0 Å². The number of hydrogen-bond acceptors (Lipinski definition) is 6. The summed E-state index contributed by atoms with van der Waals surface area (Å²) in [6.07, 6.45) is 2.72. The molecule has 0 saturated heterocycles. The highest BCUT2D eigenvalue weighted by molar-refractivity contribution is 7.10. The van der Waals surface area contributed by atoms with E-state index < -0.39 is 6.10 Å².